The number of hydrogen-bond acceptors (Lipinski definition) is 4. The Bertz CT molecular complexity index is 548. The van der Waals surface area contributed by atoms with E-state index in [9.17, 15) is 9.59 Å². The van der Waals surface area contributed by atoms with Crippen LogP contribution in [-0.2, 0) is 11.2 Å². The van der Waals surface area contributed by atoms with Crippen LogP contribution in [0.1, 0.15) is 45.7 Å². The van der Waals surface area contributed by atoms with Crippen LogP contribution in [0.15, 0.2) is 10.7 Å². The summed E-state index contributed by atoms with van der Waals surface area (Å²) in [5, 5.41) is 0. The maximum Gasteiger partial charge on any atom is 0.258 e. The van der Waals surface area contributed by atoms with Crippen molar-refractivity contribution in [3.05, 3.63) is 23.2 Å². The number of furan rings is 1. The minimum Gasteiger partial charge on any atom is -0.468 e. The summed E-state index contributed by atoms with van der Waals surface area (Å²) in [7, 11) is 0. The number of morpholine rings is 1. The van der Waals surface area contributed by atoms with Crippen LogP contribution in [0.25, 0.3) is 0 Å². The monoisotopic (exact) mass is 261 g/mol. The Hall–Kier alpha value is -1.62. The highest BCUT2D eigenvalue weighted by Gasteiger charge is 2.46. The van der Waals surface area contributed by atoms with Gasteiger partial charge in [0, 0.05) is 12.8 Å². The first-order chi connectivity index (χ1) is 9.25. The van der Waals surface area contributed by atoms with Gasteiger partial charge < -0.3 is 14.1 Å². The van der Waals surface area contributed by atoms with Gasteiger partial charge in [0.25, 0.3) is 5.91 Å². The fraction of sp³-hybridized carbons (Fsp3) is 0.571. The van der Waals surface area contributed by atoms with Crippen LogP contribution in [0.5, 0.6) is 0 Å². The fourth-order valence-electron chi connectivity index (χ4n) is 3.39. The van der Waals surface area contributed by atoms with Crippen molar-refractivity contribution in [3.63, 3.8) is 0 Å². The zero-order valence-corrected chi connectivity index (χ0v) is 10.6. The molecule has 100 valence electrons. The van der Waals surface area contributed by atoms with Crippen molar-refractivity contribution >= 4 is 11.7 Å². The molecule has 1 amide bonds. The molecule has 0 spiro atoms. The van der Waals surface area contributed by atoms with Gasteiger partial charge in [0.05, 0.1) is 36.4 Å². The molecule has 2 saturated heterocycles. The van der Waals surface area contributed by atoms with E-state index in [-0.39, 0.29) is 23.8 Å². The highest BCUT2D eigenvalue weighted by Crippen LogP contribution is 2.35. The molecular formula is C14H15NO4. The highest BCUT2D eigenvalue weighted by molar-refractivity contribution is 6.09. The highest BCUT2D eigenvalue weighted by atomic mass is 16.5. The average Bonchev–Trinajstić information content (AvgIpc) is 2.85. The van der Waals surface area contributed by atoms with Crippen LogP contribution in [0.2, 0.25) is 0 Å². The van der Waals surface area contributed by atoms with Gasteiger partial charge in [-0.15, -0.1) is 0 Å². The van der Waals surface area contributed by atoms with Crippen molar-refractivity contribution < 1.29 is 18.7 Å². The Kier molecular flexibility index (Phi) is 2.33. The summed E-state index contributed by atoms with van der Waals surface area (Å²) < 4.78 is 10.8. The van der Waals surface area contributed by atoms with Crippen LogP contribution < -0.4 is 0 Å². The summed E-state index contributed by atoms with van der Waals surface area (Å²) in [4.78, 5) is 26.4. The molecule has 3 aliphatic rings. The van der Waals surface area contributed by atoms with Crippen LogP contribution in [0.4, 0.5) is 0 Å². The van der Waals surface area contributed by atoms with Gasteiger partial charge in [-0.05, 0) is 12.8 Å². The number of carbonyl (C=O) groups excluding carboxylic acids is 2. The molecule has 2 bridgehead atoms. The van der Waals surface area contributed by atoms with Crippen LogP contribution >= 0.6 is 0 Å². The van der Waals surface area contributed by atoms with Gasteiger partial charge >= 0.3 is 0 Å². The van der Waals surface area contributed by atoms with E-state index in [0.29, 0.717) is 36.5 Å². The lowest BCUT2D eigenvalue weighted by atomic mass is 9.88. The molecule has 1 aromatic heterocycles. The quantitative estimate of drug-likeness (QED) is 0.767. The van der Waals surface area contributed by atoms with Gasteiger partial charge in [0.15, 0.2) is 5.78 Å². The zero-order valence-electron chi connectivity index (χ0n) is 10.6. The molecule has 4 rings (SSSR count). The molecule has 2 fully saturated rings. The van der Waals surface area contributed by atoms with E-state index in [0.717, 1.165) is 19.3 Å². The van der Waals surface area contributed by atoms with Crippen molar-refractivity contribution in [2.75, 3.05) is 13.2 Å². The van der Waals surface area contributed by atoms with Crippen molar-refractivity contribution in [2.45, 2.75) is 37.8 Å². The summed E-state index contributed by atoms with van der Waals surface area (Å²) in [6.07, 6.45) is 4.56. The molecule has 0 aromatic carbocycles. The summed E-state index contributed by atoms with van der Waals surface area (Å²) in [5.74, 6) is 0.659. The van der Waals surface area contributed by atoms with Crippen molar-refractivity contribution in [2.24, 2.45) is 0 Å². The third-order valence-electron chi connectivity index (χ3n) is 4.37. The Morgan fingerprint density at radius 2 is 2.05 bits per heavy atom. The van der Waals surface area contributed by atoms with Gasteiger partial charge in [-0.2, -0.15) is 0 Å². The minimum atomic E-state index is -0.0650. The second-order valence-electron chi connectivity index (χ2n) is 5.52. The number of fused-ring (bicyclic) bond motifs is 3. The lowest BCUT2D eigenvalue weighted by Crippen LogP contribution is -2.65. The lowest BCUT2D eigenvalue weighted by Gasteiger charge is -2.52. The summed E-state index contributed by atoms with van der Waals surface area (Å²) in [5.41, 5.74) is 0.985. The Labute approximate surface area is 110 Å². The van der Waals surface area contributed by atoms with E-state index in [1.807, 2.05) is 4.90 Å². The van der Waals surface area contributed by atoms with Gasteiger partial charge in [0.1, 0.15) is 12.0 Å². The van der Waals surface area contributed by atoms with Crippen molar-refractivity contribution in [3.8, 4) is 0 Å². The number of ether oxygens (including phenoxy) is 1. The molecule has 2 unspecified atom stereocenters. The standard InChI is InChI=1S/C14H15NO4/c16-11-2-1-3-12-13(11)10(7-19-12)14(17)15-8-4-9(15)6-18-5-8/h7-9H,1-6H2. The SMILES string of the molecule is O=C1CCCc2occ(C(=O)N3C4COCC3C4)c21. The number of nitrogens with zero attached hydrogens (tertiary/aromatic N) is 1. The third kappa shape index (κ3) is 1.51. The number of aryl methyl sites for hydroxylation is 1. The van der Waals surface area contributed by atoms with E-state index in [1.54, 1.807) is 0 Å². The lowest BCUT2D eigenvalue weighted by molar-refractivity contribution is -0.104. The first kappa shape index (κ1) is 11.2. The third-order valence-corrected chi connectivity index (χ3v) is 4.37. The minimum absolute atomic E-state index is 0.0419. The van der Waals surface area contributed by atoms with E-state index < -0.39 is 0 Å². The molecule has 5 heteroatoms. The predicted molar refractivity (Wildman–Crippen MR) is 65.2 cm³/mol. The average molecular weight is 261 g/mol. The number of rotatable bonds is 1. The van der Waals surface area contributed by atoms with Gasteiger partial charge in [-0.1, -0.05) is 0 Å². The van der Waals surface area contributed by atoms with Crippen LogP contribution in [-0.4, -0.2) is 41.9 Å². The van der Waals surface area contributed by atoms with Crippen LogP contribution in [0.3, 0.4) is 0 Å². The van der Waals surface area contributed by atoms with E-state index in [2.05, 4.69) is 0 Å². The smallest absolute Gasteiger partial charge is 0.258 e. The van der Waals surface area contributed by atoms with Crippen molar-refractivity contribution in [1.82, 2.24) is 4.90 Å². The normalized spacial score (nSPS) is 28.8. The van der Waals surface area contributed by atoms with Gasteiger partial charge in [-0.3, -0.25) is 9.59 Å². The van der Waals surface area contributed by atoms with Gasteiger partial charge in [0.2, 0.25) is 0 Å². The summed E-state index contributed by atoms with van der Waals surface area (Å²) in [6.45, 7) is 1.21. The maximum atomic E-state index is 12.6. The number of ketones is 1. The molecule has 5 nitrogen and oxygen atoms in total. The number of hydrogen-bond donors (Lipinski definition) is 0. The predicted octanol–water partition coefficient (Wildman–Crippen LogP) is 1.41. The summed E-state index contributed by atoms with van der Waals surface area (Å²) in [6, 6.07) is 0.353. The molecule has 0 N–H and O–H groups in total. The van der Waals surface area contributed by atoms with Gasteiger partial charge in [-0.25, -0.2) is 0 Å². The molecule has 2 atom stereocenters. The molecule has 0 radical (unpaired) electrons. The first-order valence-corrected chi connectivity index (χ1v) is 6.79. The number of carbonyl (C=O) groups is 2. The molecule has 1 aliphatic carbocycles. The molecule has 0 saturated carbocycles. The molecule has 1 aromatic rings. The van der Waals surface area contributed by atoms with Crippen molar-refractivity contribution in [1.29, 1.82) is 0 Å². The largest absolute Gasteiger partial charge is 0.468 e. The van der Waals surface area contributed by atoms with Crippen LogP contribution in [0, 0.1) is 0 Å². The zero-order chi connectivity index (χ0) is 13.0. The second kappa shape index (κ2) is 3.93. The Morgan fingerprint density at radius 3 is 2.79 bits per heavy atom. The molecule has 3 heterocycles. The number of Topliss-reactive ketones (excluding diaryl/α,β-unsaturated/α-hetero) is 1. The molecular weight excluding hydrogens is 246 g/mol. The summed E-state index contributed by atoms with van der Waals surface area (Å²) >= 11 is 0. The van der Waals surface area contributed by atoms with E-state index >= 15 is 0 Å². The molecule has 2 aliphatic heterocycles. The Balaban J connectivity index is 1.68. The topological polar surface area (TPSA) is 59.8 Å². The first-order valence-electron chi connectivity index (χ1n) is 6.79. The number of amides is 1. The second-order valence-corrected chi connectivity index (χ2v) is 5.52. The van der Waals surface area contributed by atoms with E-state index in [4.69, 9.17) is 9.15 Å². The fourth-order valence-corrected chi connectivity index (χ4v) is 3.39. The van der Waals surface area contributed by atoms with E-state index in [1.165, 1.54) is 6.26 Å². The maximum absolute atomic E-state index is 12.6. The Morgan fingerprint density at radius 1 is 1.26 bits per heavy atom. The molecule has 19 heavy (non-hydrogen) atoms.